The number of rotatable bonds is 7. The highest BCUT2D eigenvalue weighted by atomic mass is 35.5. The molecule has 0 aliphatic heterocycles. The van der Waals surface area contributed by atoms with Crippen LogP contribution in [0, 0.1) is 0 Å². The van der Waals surface area contributed by atoms with Crippen molar-refractivity contribution in [2.24, 2.45) is 0 Å². The van der Waals surface area contributed by atoms with Gasteiger partial charge in [0.2, 0.25) is 0 Å². The number of halogens is 1. The highest BCUT2D eigenvalue weighted by Crippen LogP contribution is 2.16. The van der Waals surface area contributed by atoms with Gasteiger partial charge in [0.15, 0.2) is 0 Å². The first-order valence-electron chi connectivity index (χ1n) is 7.72. The van der Waals surface area contributed by atoms with Crippen LogP contribution in [0.4, 0.5) is 5.69 Å². The maximum atomic E-state index is 12.2. The van der Waals surface area contributed by atoms with Crippen molar-refractivity contribution in [1.29, 1.82) is 0 Å². The molecule has 0 N–H and O–H groups in total. The van der Waals surface area contributed by atoms with Crippen molar-refractivity contribution >= 4 is 23.1 Å². The monoisotopic (exact) mass is 315 g/mol. The number of benzene rings is 2. The Labute approximate surface area is 137 Å². The molecule has 116 valence electrons. The number of ketones is 1. The zero-order valence-corrected chi connectivity index (χ0v) is 13.9. The van der Waals surface area contributed by atoms with Crippen LogP contribution in [-0.4, -0.2) is 18.9 Å². The molecule has 2 rings (SSSR count). The summed E-state index contributed by atoms with van der Waals surface area (Å²) in [5.41, 5.74) is 3.28. The highest BCUT2D eigenvalue weighted by Gasteiger charge is 2.07. The van der Waals surface area contributed by atoms with Crippen LogP contribution in [0.3, 0.4) is 0 Å². The topological polar surface area (TPSA) is 20.3 Å². The van der Waals surface area contributed by atoms with E-state index < -0.39 is 0 Å². The minimum absolute atomic E-state index is 0.220. The molecular weight excluding hydrogens is 294 g/mol. The SMILES string of the molecule is CCN(CC)c1ccc(CC(=O)Cc2ccc(Cl)cc2)cc1. The molecule has 3 heteroatoms. The van der Waals surface area contributed by atoms with E-state index in [0.29, 0.717) is 17.9 Å². The highest BCUT2D eigenvalue weighted by molar-refractivity contribution is 6.30. The van der Waals surface area contributed by atoms with Gasteiger partial charge in [0.25, 0.3) is 0 Å². The lowest BCUT2D eigenvalue weighted by Crippen LogP contribution is -2.21. The Balaban J connectivity index is 1.95. The average molecular weight is 316 g/mol. The van der Waals surface area contributed by atoms with Gasteiger partial charge in [-0.05, 0) is 49.2 Å². The zero-order chi connectivity index (χ0) is 15.9. The summed E-state index contributed by atoms with van der Waals surface area (Å²) in [6, 6.07) is 15.7. The molecule has 2 nitrogen and oxygen atoms in total. The van der Waals surface area contributed by atoms with Crippen molar-refractivity contribution in [1.82, 2.24) is 0 Å². The Morgan fingerprint density at radius 3 is 1.77 bits per heavy atom. The van der Waals surface area contributed by atoms with Crippen molar-refractivity contribution in [2.45, 2.75) is 26.7 Å². The van der Waals surface area contributed by atoms with E-state index in [9.17, 15) is 4.79 Å². The minimum atomic E-state index is 0.220. The largest absolute Gasteiger partial charge is 0.372 e. The van der Waals surface area contributed by atoms with Gasteiger partial charge in [0.05, 0.1) is 0 Å². The molecule has 0 amide bonds. The lowest BCUT2D eigenvalue weighted by Gasteiger charge is -2.21. The van der Waals surface area contributed by atoms with Crippen LogP contribution in [0.15, 0.2) is 48.5 Å². The average Bonchev–Trinajstić information content (AvgIpc) is 2.52. The minimum Gasteiger partial charge on any atom is -0.372 e. The van der Waals surface area contributed by atoms with E-state index in [-0.39, 0.29) is 5.78 Å². The standard InChI is InChI=1S/C19H22ClNO/c1-3-21(4-2)18-11-7-16(8-12-18)14-19(22)13-15-5-9-17(20)10-6-15/h5-12H,3-4,13-14H2,1-2H3. The fourth-order valence-electron chi connectivity index (χ4n) is 2.53. The Morgan fingerprint density at radius 2 is 1.32 bits per heavy atom. The molecule has 0 saturated carbocycles. The Hall–Kier alpha value is -1.80. The van der Waals surface area contributed by atoms with Crippen molar-refractivity contribution in [3.63, 3.8) is 0 Å². The van der Waals surface area contributed by atoms with Gasteiger partial charge >= 0.3 is 0 Å². The van der Waals surface area contributed by atoms with Gasteiger partial charge in [-0.3, -0.25) is 4.79 Å². The van der Waals surface area contributed by atoms with E-state index in [1.54, 1.807) is 0 Å². The Kier molecular flexibility index (Phi) is 6.02. The van der Waals surface area contributed by atoms with E-state index in [1.807, 2.05) is 36.4 Å². The second kappa shape index (κ2) is 8.00. The molecule has 0 saturated heterocycles. The third kappa shape index (κ3) is 4.60. The first kappa shape index (κ1) is 16.6. The molecule has 22 heavy (non-hydrogen) atoms. The summed E-state index contributed by atoms with van der Waals surface area (Å²) in [6.45, 7) is 6.27. The van der Waals surface area contributed by atoms with Gasteiger partial charge in [-0.1, -0.05) is 35.9 Å². The van der Waals surface area contributed by atoms with Gasteiger partial charge in [-0.25, -0.2) is 0 Å². The Morgan fingerprint density at radius 1 is 0.864 bits per heavy atom. The van der Waals surface area contributed by atoms with Crippen LogP contribution >= 0.6 is 11.6 Å². The van der Waals surface area contributed by atoms with Gasteiger partial charge in [0.1, 0.15) is 5.78 Å². The molecule has 0 unspecified atom stereocenters. The molecule has 0 radical (unpaired) electrons. The first-order chi connectivity index (χ1) is 10.6. The predicted octanol–water partition coefficient (Wildman–Crippen LogP) is 4.54. The first-order valence-corrected chi connectivity index (χ1v) is 8.10. The van der Waals surface area contributed by atoms with Gasteiger partial charge in [-0.2, -0.15) is 0 Å². The van der Waals surface area contributed by atoms with Crippen molar-refractivity contribution in [3.8, 4) is 0 Å². The maximum absolute atomic E-state index is 12.2. The van der Waals surface area contributed by atoms with Crippen molar-refractivity contribution < 1.29 is 4.79 Å². The fourth-order valence-corrected chi connectivity index (χ4v) is 2.66. The van der Waals surface area contributed by atoms with E-state index in [4.69, 9.17) is 11.6 Å². The van der Waals surface area contributed by atoms with Crippen LogP contribution in [-0.2, 0) is 17.6 Å². The second-order valence-electron chi connectivity index (χ2n) is 5.36. The molecule has 2 aromatic rings. The maximum Gasteiger partial charge on any atom is 0.141 e. The van der Waals surface area contributed by atoms with E-state index in [2.05, 4.69) is 30.9 Å². The molecule has 0 atom stereocenters. The summed E-state index contributed by atoms with van der Waals surface area (Å²) in [7, 11) is 0. The van der Waals surface area contributed by atoms with Crippen LogP contribution in [0.5, 0.6) is 0 Å². The second-order valence-corrected chi connectivity index (χ2v) is 5.79. The molecule has 2 aromatic carbocycles. The summed E-state index contributed by atoms with van der Waals surface area (Å²) in [5.74, 6) is 0.220. The molecule has 0 aromatic heterocycles. The van der Waals surface area contributed by atoms with E-state index >= 15 is 0 Å². The normalized spacial score (nSPS) is 10.5. The van der Waals surface area contributed by atoms with Gasteiger partial charge in [-0.15, -0.1) is 0 Å². The van der Waals surface area contributed by atoms with Crippen LogP contribution in [0.2, 0.25) is 5.02 Å². The van der Waals surface area contributed by atoms with E-state index in [1.165, 1.54) is 5.69 Å². The number of Topliss-reactive ketones (excluding diaryl/α,β-unsaturated/α-hetero) is 1. The molecule has 0 heterocycles. The molecule has 0 bridgehead atoms. The lowest BCUT2D eigenvalue weighted by atomic mass is 10.0. The van der Waals surface area contributed by atoms with Gasteiger partial charge < -0.3 is 4.90 Å². The number of hydrogen-bond acceptors (Lipinski definition) is 2. The van der Waals surface area contributed by atoms with Crippen LogP contribution in [0.1, 0.15) is 25.0 Å². The summed E-state index contributed by atoms with van der Waals surface area (Å²) in [4.78, 5) is 14.4. The van der Waals surface area contributed by atoms with Gasteiger partial charge in [0, 0.05) is 36.6 Å². The number of anilines is 1. The number of nitrogens with zero attached hydrogens (tertiary/aromatic N) is 1. The summed E-state index contributed by atoms with van der Waals surface area (Å²) >= 11 is 5.85. The summed E-state index contributed by atoms with van der Waals surface area (Å²) in [5, 5.41) is 0.697. The van der Waals surface area contributed by atoms with Crippen molar-refractivity contribution in [3.05, 3.63) is 64.7 Å². The molecule has 0 aliphatic rings. The predicted molar refractivity (Wildman–Crippen MR) is 93.9 cm³/mol. The van der Waals surface area contributed by atoms with Crippen molar-refractivity contribution in [2.75, 3.05) is 18.0 Å². The number of carbonyl (C=O) groups is 1. The zero-order valence-electron chi connectivity index (χ0n) is 13.2. The smallest absolute Gasteiger partial charge is 0.141 e. The third-order valence-corrected chi connectivity index (χ3v) is 4.03. The number of carbonyl (C=O) groups excluding carboxylic acids is 1. The summed E-state index contributed by atoms with van der Waals surface area (Å²) in [6.07, 6.45) is 0.927. The molecule has 0 aliphatic carbocycles. The van der Waals surface area contributed by atoms with Crippen LogP contribution < -0.4 is 4.90 Å². The number of hydrogen-bond donors (Lipinski definition) is 0. The molecule has 0 fully saturated rings. The fraction of sp³-hybridized carbons (Fsp3) is 0.316. The lowest BCUT2D eigenvalue weighted by molar-refractivity contribution is -0.117. The third-order valence-electron chi connectivity index (χ3n) is 3.78. The quantitative estimate of drug-likeness (QED) is 0.747. The summed E-state index contributed by atoms with van der Waals surface area (Å²) < 4.78 is 0. The molecular formula is C19H22ClNO. The Bertz CT molecular complexity index is 600. The van der Waals surface area contributed by atoms with Crippen LogP contribution in [0.25, 0.3) is 0 Å². The molecule has 0 spiro atoms. The van der Waals surface area contributed by atoms with E-state index in [0.717, 1.165) is 24.2 Å².